The SMILES string of the molecule is Nc1nc(-c2c[nH]c3ccccc23)nc(N2CCOCC2)n1. The van der Waals surface area contributed by atoms with Crippen molar-refractivity contribution in [2.75, 3.05) is 36.9 Å². The van der Waals surface area contributed by atoms with Crippen molar-refractivity contribution in [3.05, 3.63) is 30.5 Å². The first-order valence-electron chi connectivity index (χ1n) is 7.22. The predicted octanol–water partition coefficient (Wildman–Crippen LogP) is 1.44. The van der Waals surface area contributed by atoms with Gasteiger partial charge in [0.2, 0.25) is 11.9 Å². The zero-order valence-corrected chi connectivity index (χ0v) is 12.0. The molecular weight excluding hydrogens is 280 g/mol. The van der Waals surface area contributed by atoms with Crippen molar-refractivity contribution in [3.8, 4) is 11.4 Å². The second-order valence-electron chi connectivity index (χ2n) is 5.16. The van der Waals surface area contributed by atoms with Crippen LogP contribution in [-0.2, 0) is 4.74 Å². The van der Waals surface area contributed by atoms with E-state index >= 15 is 0 Å². The van der Waals surface area contributed by atoms with E-state index in [1.807, 2.05) is 30.5 Å². The highest BCUT2D eigenvalue weighted by atomic mass is 16.5. The van der Waals surface area contributed by atoms with Crippen molar-refractivity contribution in [2.45, 2.75) is 0 Å². The Morgan fingerprint density at radius 3 is 2.77 bits per heavy atom. The number of benzene rings is 1. The molecule has 7 heteroatoms. The summed E-state index contributed by atoms with van der Waals surface area (Å²) < 4.78 is 5.36. The van der Waals surface area contributed by atoms with Crippen molar-refractivity contribution in [1.29, 1.82) is 0 Å². The number of fused-ring (bicyclic) bond motifs is 1. The van der Waals surface area contributed by atoms with Crippen LogP contribution in [0.4, 0.5) is 11.9 Å². The monoisotopic (exact) mass is 296 g/mol. The second kappa shape index (κ2) is 5.27. The molecule has 2 aromatic heterocycles. The first kappa shape index (κ1) is 13.0. The fourth-order valence-corrected chi connectivity index (χ4v) is 2.66. The Morgan fingerprint density at radius 2 is 1.91 bits per heavy atom. The summed E-state index contributed by atoms with van der Waals surface area (Å²) in [5, 5.41) is 1.07. The molecule has 1 aromatic carbocycles. The third kappa shape index (κ3) is 2.25. The second-order valence-corrected chi connectivity index (χ2v) is 5.16. The van der Waals surface area contributed by atoms with Crippen LogP contribution in [-0.4, -0.2) is 46.2 Å². The molecule has 0 saturated carbocycles. The summed E-state index contributed by atoms with van der Waals surface area (Å²) in [6, 6.07) is 8.04. The number of aromatic nitrogens is 4. The van der Waals surface area contributed by atoms with Gasteiger partial charge in [-0.25, -0.2) is 0 Å². The third-order valence-electron chi connectivity index (χ3n) is 3.76. The number of hydrogen-bond donors (Lipinski definition) is 2. The highest BCUT2D eigenvalue weighted by Gasteiger charge is 2.17. The van der Waals surface area contributed by atoms with E-state index in [-0.39, 0.29) is 5.95 Å². The largest absolute Gasteiger partial charge is 0.378 e. The van der Waals surface area contributed by atoms with E-state index in [4.69, 9.17) is 10.5 Å². The number of nitrogen functional groups attached to an aromatic ring is 1. The fraction of sp³-hybridized carbons (Fsp3) is 0.267. The average Bonchev–Trinajstić information content (AvgIpc) is 2.99. The van der Waals surface area contributed by atoms with Crippen molar-refractivity contribution >= 4 is 22.8 Å². The highest BCUT2D eigenvalue weighted by molar-refractivity contribution is 5.93. The first-order valence-corrected chi connectivity index (χ1v) is 7.22. The van der Waals surface area contributed by atoms with Gasteiger partial charge in [0, 0.05) is 35.8 Å². The number of ether oxygens (including phenoxy) is 1. The van der Waals surface area contributed by atoms with Crippen LogP contribution in [0.5, 0.6) is 0 Å². The Hall–Kier alpha value is -2.67. The Labute approximate surface area is 127 Å². The molecule has 3 heterocycles. The number of morpholine rings is 1. The van der Waals surface area contributed by atoms with E-state index in [0.29, 0.717) is 25.0 Å². The molecule has 0 aliphatic carbocycles. The molecule has 0 spiro atoms. The molecular formula is C15H16N6O. The molecule has 112 valence electrons. The summed E-state index contributed by atoms with van der Waals surface area (Å²) in [5.41, 5.74) is 7.86. The minimum atomic E-state index is 0.233. The number of para-hydroxylation sites is 1. The minimum Gasteiger partial charge on any atom is -0.378 e. The molecule has 3 N–H and O–H groups in total. The van der Waals surface area contributed by atoms with Gasteiger partial charge >= 0.3 is 0 Å². The highest BCUT2D eigenvalue weighted by Crippen LogP contribution is 2.27. The zero-order chi connectivity index (χ0) is 14.9. The number of H-pyrrole nitrogens is 1. The number of nitrogens with one attached hydrogen (secondary N) is 1. The molecule has 1 aliphatic heterocycles. The Morgan fingerprint density at radius 1 is 1.09 bits per heavy atom. The summed E-state index contributed by atoms with van der Waals surface area (Å²) in [7, 11) is 0. The van der Waals surface area contributed by atoms with Crippen LogP contribution < -0.4 is 10.6 Å². The number of rotatable bonds is 2. The molecule has 1 aliphatic rings. The zero-order valence-electron chi connectivity index (χ0n) is 12.0. The van der Waals surface area contributed by atoms with Crippen molar-refractivity contribution in [3.63, 3.8) is 0 Å². The van der Waals surface area contributed by atoms with Gasteiger partial charge in [-0.3, -0.25) is 0 Å². The van der Waals surface area contributed by atoms with Crippen molar-refractivity contribution in [2.24, 2.45) is 0 Å². The van der Waals surface area contributed by atoms with E-state index in [1.165, 1.54) is 0 Å². The van der Waals surface area contributed by atoms with Gasteiger partial charge in [0.05, 0.1) is 13.2 Å². The smallest absolute Gasteiger partial charge is 0.230 e. The first-order chi connectivity index (χ1) is 10.8. The van der Waals surface area contributed by atoms with Gasteiger partial charge in [-0.15, -0.1) is 0 Å². The molecule has 0 radical (unpaired) electrons. The van der Waals surface area contributed by atoms with Crippen LogP contribution in [0.1, 0.15) is 0 Å². The Bertz CT molecular complexity index is 809. The summed E-state index contributed by atoms with van der Waals surface area (Å²) in [6.45, 7) is 2.87. The van der Waals surface area contributed by atoms with Gasteiger partial charge in [0.25, 0.3) is 0 Å². The van der Waals surface area contributed by atoms with Gasteiger partial charge in [-0.2, -0.15) is 15.0 Å². The number of nitrogens with zero attached hydrogens (tertiary/aromatic N) is 4. The number of aromatic amines is 1. The lowest BCUT2D eigenvalue weighted by Crippen LogP contribution is -2.37. The van der Waals surface area contributed by atoms with Crippen LogP contribution in [0, 0.1) is 0 Å². The summed E-state index contributed by atoms with van der Waals surface area (Å²) in [6.07, 6.45) is 1.91. The van der Waals surface area contributed by atoms with E-state index in [9.17, 15) is 0 Å². The minimum absolute atomic E-state index is 0.233. The van der Waals surface area contributed by atoms with Gasteiger partial charge < -0.3 is 20.4 Å². The summed E-state index contributed by atoms with van der Waals surface area (Å²) >= 11 is 0. The predicted molar refractivity (Wildman–Crippen MR) is 84.6 cm³/mol. The topological polar surface area (TPSA) is 93.0 Å². The lowest BCUT2D eigenvalue weighted by atomic mass is 10.1. The molecule has 3 aromatic rings. The average molecular weight is 296 g/mol. The van der Waals surface area contributed by atoms with Gasteiger partial charge in [-0.1, -0.05) is 18.2 Å². The lowest BCUT2D eigenvalue weighted by Gasteiger charge is -2.26. The van der Waals surface area contributed by atoms with Crippen LogP contribution in [0.15, 0.2) is 30.5 Å². The number of hydrogen-bond acceptors (Lipinski definition) is 6. The maximum absolute atomic E-state index is 5.89. The molecule has 1 fully saturated rings. The van der Waals surface area contributed by atoms with E-state index < -0.39 is 0 Å². The molecule has 4 rings (SSSR count). The maximum Gasteiger partial charge on any atom is 0.230 e. The molecule has 0 bridgehead atoms. The molecule has 7 nitrogen and oxygen atoms in total. The van der Waals surface area contributed by atoms with Crippen molar-refractivity contribution < 1.29 is 4.74 Å². The van der Waals surface area contributed by atoms with Crippen molar-refractivity contribution in [1.82, 2.24) is 19.9 Å². The Kier molecular flexibility index (Phi) is 3.12. The molecule has 0 unspecified atom stereocenters. The normalized spacial score (nSPS) is 15.4. The maximum atomic E-state index is 5.89. The molecule has 1 saturated heterocycles. The van der Waals surface area contributed by atoms with Gasteiger partial charge in [-0.05, 0) is 6.07 Å². The van der Waals surface area contributed by atoms with E-state index in [2.05, 4.69) is 24.8 Å². The van der Waals surface area contributed by atoms with Crippen LogP contribution >= 0.6 is 0 Å². The molecule has 0 amide bonds. The van der Waals surface area contributed by atoms with Crippen LogP contribution in [0.3, 0.4) is 0 Å². The third-order valence-corrected chi connectivity index (χ3v) is 3.76. The van der Waals surface area contributed by atoms with Gasteiger partial charge in [0.1, 0.15) is 0 Å². The number of anilines is 2. The van der Waals surface area contributed by atoms with E-state index in [0.717, 1.165) is 29.6 Å². The standard InChI is InChI=1S/C15H16N6O/c16-14-18-13(11-9-17-12-4-2-1-3-10(11)12)19-15(20-14)21-5-7-22-8-6-21/h1-4,9,17H,5-8H2,(H2,16,18,19,20). The van der Waals surface area contributed by atoms with Gasteiger partial charge in [0.15, 0.2) is 5.82 Å². The van der Waals surface area contributed by atoms with Crippen LogP contribution in [0.2, 0.25) is 0 Å². The quantitative estimate of drug-likeness (QED) is 0.743. The van der Waals surface area contributed by atoms with E-state index in [1.54, 1.807) is 0 Å². The summed E-state index contributed by atoms with van der Waals surface area (Å²) in [4.78, 5) is 18.5. The Balaban J connectivity index is 1.80. The summed E-state index contributed by atoms with van der Waals surface area (Å²) in [5.74, 6) is 1.43. The lowest BCUT2D eigenvalue weighted by molar-refractivity contribution is 0.122. The number of nitrogens with two attached hydrogens (primary N) is 1. The molecule has 22 heavy (non-hydrogen) atoms. The fourth-order valence-electron chi connectivity index (χ4n) is 2.66. The molecule has 0 atom stereocenters. The van der Waals surface area contributed by atoms with Crippen LogP contribution in [0.25, 0.3) is 22.3 Å².